The van der Waals surface area contributed by atoms with E-state index in [0.29, 0.717) is 5.56 Å². The fraction of sp³-hybridized carbons (Fsp3) is 0.188. The van der Waals surface area contributed by atoms with Gasteiger partial charge in [0.2, 0.25) is 0 Å². The zero-order chi connectivity index (χ0) is 14.0. The van der Waals surface area contributed by atoms with Crippen molar-refractivity contribution in [1.82, 2.24) is 0 Å². The second-order valence-electron chi connectivity index (χ2n) is 4.76. The van der Waals surface area contributed by atoms with Crippen molar-refractivity contribution in [3.8, 4) is 0 Å². The van der Waals surface area contributed by atoms with Crippen LogP contribution in [0.15, 0.2) is 42.5 Å². The lowest BCUT2D eigenvalue weighted by atomic mass is 10.1. The Kier molecular flexibility index (Phi) is 3.56. The van der Waals surface area contributed by atoms with Crippen LogP contribution in [0.2, 0.25) is 0 Å². The highest BCUT2D eigenvalue weighted by atomic mass is 16.4. The maximum absolute atomic E-state index is 11.0. The van der Waals surface area contributed by atoms with E-state index in [1.54, 1.807) is 18.2 Å². The Bertz CT molecular complexity index is 600. The van der Waals surface area contributed by atoms with Crippen LogP contribution in [0.3, 0.4) is 0 Å². The molecule has 0 saturated heterocycles. The van der Waals surface area contributed by atoms with Crippen molar-refractivity contribution in [2.45, 2.75) is 13.8 Å². The van der Waals surface area contributed by atoms with Gasteiger partial charge in [0.1, 0.15) is 0 Å². The van der Waals surface area contributed by atoms with Crippen LogP contribution in [0.1, 0.15) is 21.5 Å². The molecule has 98 valence electrons. The zero-order valence-corrected chi connectivity index (χ0v) is 11.3. The maximum atomic E-state index is 11.0. The van der Waals surface area contributed by atoms with Gasteiger partial charge in [-0.05, 0) is 55.3 Å². The number of benzene rings is 2. The van der Waals surface area contributed by atoms with Crippen LogP contribution in [-0.2, 0) is 0 Å². The Labute approximate surface area is 113 Å². The first-order chi connectivity index (χ1) is 8.97. The van der Waals surface area contributed by atoms with Crippen molar-refractivity contribution >= 4 is 17.3 Å². The molecule has 2 aromatic rings. The lowest BCUT2D eigenvalue weighted by molar-refractivity contribution is 0.0697. The molecule has 0 unspecified atom stereocenters. The van der Waals surface area contributed by atoms with E-state index >= 15 is 0 Å². The molecular formula is C16H17NO2. The molecule has 3 nitrogen and oxygen atoms in total. The molecule has 0 bridgehead atoms. The summed E-state index contributed by atoms with van der Waals surface area (Å²) in [4.78, 5) is 13.0. The molecule has 0 radical (unpaired) electrons. The number of carbonyl (C=O) groups is 1. The van der Waals surface area contributed by atoms with E-state index in [1.807, 2.05) is 18.0 Å². The molecular weight excluding hydrogens is 238 g/mol. The third-order valence-electron chi connectivity index (χ3n) is 3.07. The van der Waals surface area contributed by atoms with E-state index in [0.717, 1.165) is 11.4 Å². The number of carboxylic acids is 1. The van der Waals surface area contributed by atoms with Gasteiger partial charge < -0.3 is 10.0 Å². The average Bonchev–Trinajstić information content (AvgIpc) is 2.37. The minimum atomic E-state index is -0.907. The Hall–Kier alpha value is -2.29. The highest BCUT2D eigenvalue weighted by Crippen LogP contribution is 2.26. The van der Waals surface area contributed by atoms with E-state index in [1.165, 1.54) is 11.1 Å². The number of carboxylic acid groups (broad SMARTS) is 1. The standard InChI is InChI=1S/C16H17NO2/c1-11-7-12(2)9-15(8-11)17(3)14-6-4-5-13(10-14)16(18)19/h4-10H,1-3H3,(H,18,19). The summed E-state index contributed by atoms with van der Waals surface area (Å²) in [6.07, 6.45) is 0. The lowest BCUT2D eigenvalue weighted by Crippen LogP contribution is -2.10. The summed E-state index contributed by atoms with van der Waals surface area (Å²) in [5.74, 6) is -0.907. The number of aromatic carboxylic acids is 1. The fourth-order valence-electron chi connectivity index (χ4n) is 2.14. The molecule has 2 rings (SSSR count). The molecule has 0 atom stereocenters. The van der Waals surface area contributed by atoms with Crippen LogP contribution in [0.5, 0.6) is 0 Å². The van der Waals surface area contributed by atoms with Crippen molar-refractivity contribution in [3.63, 3.8) is 0 Å². The second kappa shape index (κ2) is 5.14. The summed E-state index contributed by atoms with van der Waals surface area (Å²) in [6.45, 7) is 4.11. The molecule has 0 saturated carbocycles. The Balaban J connectivity index is 2.40. The molecule has 0 aliphatic rings. The van der Waals surface area contributed by atoms with Gasteiger partial charge >= 0.3 is 5.97 Å². The molecule has 0 heterocycles. The largest absolute Gasteiger partial charge is 0.478 e. The predicted octanol–water partition coefficient (Wildman–Crippen LogP) is 3.77. The van der Waals surface area contributed by atoms with Crippen molar-refractivity contribution in [1.29, 1.82) is 0 Å². The fourth-order valence-corrected chi connectivity index (χ4v) is 2.14. The molecule has 2 aromatic carbocycles. The van der Waals surface area contributed by atoms with Crippen molar-refractivity contribution in [3.05, 3.63) is 59.2 Å². The van der Waals surface area contributed by atoms with Crippen molar-refractivity contribution < 1.29 is 9.90 Å². The Morgan fingerprint density at radius 2 is 1.63 bits per heavy atom. The van der Waals surface area contributed by atoms with E-state index in [4.69, 9.17) is 5.11 Å². The topological polar surface area (TPSA) is 40.5 Å². The normalized spacial score (nSPS) is 10.3. The number of nitrogens with zero attached hydrogens (tertiary/aromatic N) is 1. The summed E-state index contributed by atoms with van der Waals surface area (Å²) in [5, 5.41) is 9.03. The summed E-state index contributed by atoms with van der Waals surface area (Å²) in [6, 6.07) is 13.2. The van der Waals surface area contributed by atoms with Crippen LogP contribution >= 0.6 is 0 Å². The number of hydrogen-bond donors (Lipinski definition) is 1. The average molecular weight is 255 g/mol. The number of aryl methyl sites for hydroxylation is 2. The molecule has 0 aliphatic carbocycles. The minimum absolute atomic E-state index is 0.300. The van der Waals surface area contributed by atoms with Gasteiger partial charge in [0.05, 0.1) is 5.56 Å². The van der Waals surface area contributed by atoms with Crippen LogP contribution in [0.25, 0.3) is 0 Å². The zero-order valence-electron chi connectivity index (χ0n) is 11.3. The Morgan fingerprint density at radius 1 is 1.00 bits per heavy atom. The summed E-state index contributed by atoms with van der Waals surface area (Å²) >= 11 is 0. The minimum Gasteiger partial charge on any atom is -0.478 e. The molecule has 1 N–H and O–H groups in total. The van der Waals surface area contributed by atoms with Gasteiger partial charge in [0, 0.05) is 18.4 Å². The Morgan fingerprint density at radius 3 is 2.21 bits per heavy atom. The SMILES string of the molecule is Cc1cc(C)cc(N(C)c2cccc(C(=O)O)c2)c1. The first-order valence-corrected chi connectivity index (χ1v) is 6.13. The van der Waals surface area contributed by atoms with Gasteiger partial charge in [-0.25, -0.2) is 4.79 Å². The predicted molar refractivity (Wildman–Crippen MR) is 77.4 cm³/mol. The third-order valence-corrected chi connectivity index (χ3v) is 3.07. The number of hydrogen-bond acceptors (Lipinski definition) is 2. The summed E-state index contributed by atoms with van der Waals surface area (Å²) < 4.78 is 0. The molecule has 3 heteroatoms. The van der Waals surface area contributed by atoms with Crippen LogP contribution < -0.4 is 4.90 Å². The maximum Gasteiger partial charge on any atom is 0.335 e. The molecule has 0 aliphatic heterocycles. The van der Waals surface area contributed by atoms with Gasteiger partial charge in [-0.2, -0.15) is 0 Å². The van der Waals surface area contributed by atoms with E-state index in [2.05, 4.69) is 32.0 Å². The van der Waals surface area contributed by atoms with Gasteiger partial charge in [-0.15, -0.1) is 0 Å². The van der Waals surface area contributed by atoms with Gasteiger partial charge in [0.25, 0.3) is 0 Å². The van der Waals surface area contributed by atoms with Crippen molar-refractivity contribution in [2.24, 2.45) is 0 Å². The van der Waals surface area contributed by atoms with Gasteiger partial charge in [-0.1, -0.05) is 12.1 Å². The first-order valence-electron chi connectivity index (χ1n) is 6.13. The molecule has 19 heavy (non-hydrogen) atoms. The second-order valence-corrected chi connectivity index (χ2v) is 4.76. The van der Waals surface area contributed by atoms with E-state index in [-0.39, 0.29) is 0 Å². The van der Waals surface area contributed by atoms with Gasteiger partial charge in [-0.3, -0.25) is 0 Å². The van der Waals surface area contributed by atoms with Gasteiger partial charge in [0.15, 0.2) is 0 Å². The van der Waals surface area contributed by atoms with Crippen molar-refractivity contribution in [2.75, 3.05) is 11.9 Å². The highest BCUT2D eigenvalue weighted by molar-refractivity contribution is 5.89. The highest BCUT2D eigenvalue weighted by Gasteiger charge is 2.08. The monoisotopic (exact) mass is 255 g/mol. The van der Waals surface area contributed by atoms with Crippen LogP contribution in [0, 0.1) is 13.8 Å². The third kappa shape index (κ3) is 2.94. The number of rotatable bonds is 3. The smallest absolute Gasteiger partial charge is 0.335 e. The summed E-state index contributed by atoms with van der Waals surface area (Å²) in [7, 11) is 1.94. The van der Waals surface area contributed by atoms with E-state index in [9.17, 15) is 4.79 Å². The van der Waals surface area contributed by atoms with E-state index < -0.39 is 5.97 Å². The molecule has 0 amide bonds. The van der Waals surface area contributed by atoms with Crippen LogP contribution in [-0.4, -0.2) is 18.1 Å². The molecule has 0 spiro atoms. The quantitative estimate of drug-likeness (QED) is 0.907. The first kappa shape index (κ1) is 13.1. The summed E-state index contributed by atoms with van der Waals surface area (Å²) in [5.41, 5.74) is 4.60. The molecule has 0 aromatic heterocycles. The van der Waals surface area contributed by atoms with Crippen LogP contribution in [0.4, 0.5) is 11.4 Å². The molecule has 0 fully saturated rings. The lowest BCUT2D eigenvalue weighted by Gasteiger charge is -2.21. The number of anilines is 2.